The average Bonchev–Trinajstić information content (AvgIpc) is 3.38. The molecule has 0 atom stereocenters. The molecule has 0 spiro atoms. The summed E-state index contributed by atoms with van der Waals surface area (Å²) in [5.74, 6) is 0.773. The van der Waals surface area contributed by atoms with E-state index in [0.717, 1.165) is 0 Å². The molecule has 1 aromatic carbocycles. The zero-order chi connectivity index (χ0) is 20.4. The number of hydrogen-bond acceptors (Lipinski definition) is 6. The van der Waals surface area contributed by atoms with Gasteiger partial charge in [-0.15, -0.1) is 0 Å². The van der Waals surface area contributed by atoms with Crippen molar-refractivity contribution >= 4 is 28.5 Å². The summed E-state index contributed by atoms with van der Waals surface area (Å²) in [4.78, 5) is 31.3. The van der Waals surface area contributed by atoms with Gasteiger partial charge in [-0.2, -0.15) is 0 Å². The number of fused-ring (bicyclic) bond motifs is 1. The van der Waals surface area contributed by atoms with Crippen molar-refractivity contribution in [2.24, 2.45) is 0 Å². The maximum atomic E-state index is 13.1. The van der Waals surface area contributed by atoms with Crippen LogP contribution in [0.2, 0.25) is 0 Å². The van der Waals surface area contributed by atoms with Gasteiger partial charge in [-0.3, -0.25) is 9.59 Å². The number of rotatable bonds is 5. The number of hydrogen-bond donors (Lipinski definition) is 1. The molecule has 2 amide bonds. The van der Waals surface area contributed by atoms with Crippen LogP contribution in [0.3, 0.4) is 0 Å². The van der Waals surface area contributed by atoms with Crippen LogP contribution in [0.1, 0.15) is 16.1 Å². The predicted molar refractivity (Wildman–Crippen MR) is 106 cm³/mol. The van der Waals surface area contributed by atoms with Crippen LogP contribution in [0, 0.1) is 6.92 Å². The van der Waals surface area contributed by atoms with Gasteiger partial charge in [0, 0.05) is 18.5 Å². The molecule has 3 heterocycles. The third-order valence-corrected chi connectivity index (χ3v) is 4.34. The highest BCUT2D eigenvalue weighted by atomic mass is 16.5. The molecule has 0 aliphatic rings. The fourth-order valence-corrected chi connectivity index (χ4v) is 3.00. The third kappa shape index (κ3) is 3.86. The lowest BCUT2D eigenvalue weighted by molar-refractivity contribution is -0.116. The van der Waals surface area contributed by atoms with Crippen molar-refractivity contribution in [1.29, 1.82) is 0 Å². The molecule has 0 saturated heterocycles. The molecular weight excluding hydrogens is 372 g/mol. The molecule has 29 heavy (non-hydrogen) atoms. The van der Waals surface area contributed by atoms with E-state index in [1.165, 1.54) is 4.90 Å². The molecule has 4 aromatic rings. The van der Waals surface area contributed by atoms with Crippen molar-refractivity contribution in [3.05, 3.63) is 66.1 Å². The van der Waals surface area contributed by atoms with Crippen molar-refractivity contribution in [1.82, 2.24) is 15.0 Å². The van der Waals surface area contributed by atoms with Crippen LogP contribution in [-0.4, -0.2) is 40.4 Å². The quantitative estimate of drug-likeness (QED) is 0.560. The van der Waals surface area contributed by atoms with Crippen molar-refractivity contribution in [2.75, 3.05) is 18.9 Å². The van der Waals surface area contributed by atoms with Gasteiger partial charge < -0.3 is 19.2 Å². The van der Waals surface area contributed by atoms with Gasteiger partial charge in [0.1, 0.15) is 11.5 Å². The highest BCUT2D eigenvalue weighted by molar-refractivity contribution is 6.08. The van der Waals surface area contributed by atoms with E-state index < -0.39 is 0 Å². The largest absolute Gasteiger partial charge is 0.463 e. The van der Waals surface area contributed by atoms with E-state index in [0.29, 0.717) is 39.5 Å². The van der Waals surface area contributed by atoms with Crippen LogP contribution in [0.25, 0.3) is 22.4 Å². The number of anilines is 1. The smallest absolute Gasteiger partial charge is 0.254 e. The number of aryl methyl sites for hydroxylation is 1. The molecule has 8 nitrogen and oxygen atoms in total. The van der Waals surface area contributed by atoms with Crippen molar-refractivity contribution in [3.8, 4) is 11.5 Å². The summed E-state index contributed by atoms with van der Waals surface area (Å²) in [6.07, 6.45) is 1.55. The first-order valence-electron chi connectivity index (χ1n) is 8.93. The summed E-state index contributed by atoms with van der Waals surface area (Å²) in [7, 11) is 1.57. The van der Waals surface area contributed by atoms with Gasteiger partial charge in [-0.1, -0.05) is 23.4 Å². The third-order valence-electron chi connectivity index (χ3n) is 4.34. The van der Waals surface area contributed by atoms with Crippen LogP contribution in [0.4, 0.5) is 5.82 Å². The van der Waals surface area contributed by atoms with Crippen molar-refractivity contribution in [3.63, 3.8) is 0 Å². The molecule has 0 unspecified atom stereocenters. The summed E-state index contributed by atoms with van der Waals surface area (Å²) in [6, 6.07) is 14.2. The topological polar surface area (TPSA) is 101 Å². The number of benzene rings is 1. The molecule has 0 radical (unpaired) electrons. The molecule has 146 valence electrons. The summed E-state index contributed by atoms with van der Waals surface area (Å²) >= 11 is 0. The SMILES string of the molecule is Cc1cc(NC(=O)CN(C)C(=O)c2cc(-c3ccco3)nc3ccccc23)no1. The zero-order valence-electron chi connectivity index (χ0n) is 15.9. The Labute approximate surface area is 166 Å². The molecule has 0 aliphatic heterocycles. The Hall–Kier alpha value is -3.94. The minimum atomic E-state index is -0.376. The van der Waals surface area contributed by atoms with Gasteiger partial charge >= 0.3 is 0 Å². The Balaban J connectivity index is 1.60. The molecule has 4 rings (SSSR count). The van der Waals surface area contributed by atoms with Crippen LogP contribution < -0.4 is 5.32 Å². The van der Waals surface area contributed by atoms with E-state index in [1.54, 1.807) is 44.5 Å². The Morgan fingerprint density at radius 2 is 1.97 bits per heavy atom. The summed E-state index contributed by atoms with van der Waals surface area (Å²) in [6.45, 7) is 1.58. The maximum Gasteiger partial charge on any atom is 0.254 e. The van der Waals surface area contributed by atoms with Crippen LogP contribution in [-0.2, 0) is 4.79 Å². The molecule has 0 bridgehead atoms. The maximum absolute atomic E-state index is 13.1. The van der Waals surface area contributed by atoms with Crippen LogP contribution in [0.5, 0.6) is 0 Å². The first-order valence-corrected chi connectivity index (χ1v) is 8.93. The van der Waals surface area contributed by atoms with Crippen molar-refractivity contribution < 1.29 is 18.5 Å². The molecule has 3 aromatic heterocycles. The monoisotopic (exact) mass is 390 g/mol. The normalized spacial score (nSPS) is 10.8. The Kier molecular flexibility index (Phi) is 4.82. The highest BCUT2D eigenvalue weighted by Crippen LogP contribution is 2.26. The number of amides is 2. The first-order chi connectivity index (χ1) is 14.0. The number of likely N-dealkylation sites (N-methyl/N-ethyl adjacent to an activating group) is 1. The number of para-hydroxylation sites is 1. The second-order valence-electron chi connectivity index (χ2n) is 6.58. The van der Waals surface area contributed by atoms with E-state index in [2.05, 4.69) is 15.5 Å². The van der Waals surface area contributed by atoms with Gasteiger partial charge in [0.05, 0.1) is 23.9 Å². The lowest BCUT2D eigenvalue weighted by atomic mass is 10.1. The standard InChI is InChI=1S/C21H18N4O4/c1-13-10-19(24-29-13)23-20(26)12-25(2)21(27)15-11-17(18-8-5-9-28-18)22-16-7-4-3-6-14(15)16/h3-11H,12H2,1-2H3,(H,23,24,26). The van der Waals surface area contributed by atoms with E-state index >= 15 is 0 Å². The molecular formula is C21H18N4O4. The van der Waals surface area contributed by atoms with E-state index in [9.17, 15) is 9.59 Å². The molecule has 8 heteroatoms. The predicted octanol–water partition coefficient (Wildman–Crippen LogP) is 3.50. The fourth-order valence-electron chi connectivity index (χ4n) is 3.00. The minimum Gasteiger partial charge on any atom is -0.463 e. The number of furan rings is 1. The average molecular weight is 390 g/mol. The molecule has 0 fully saturated rings. The van der Waals surface area contributed by atoms with Crippen LogP contribution >= 0.6 is 0 Å². The Bertz CT molecular complexity index is 1180. The van der Waals surface area contributed by atoms with Crippen LogP contribution in [0.15, 0.2) is 63.7 Å². The van der Waals surface area contributed by atoms with Gasteiger partial charge in [-0.25, -0.2) is 4.98 Å². The van der Waals surface area contributed by atoms with Gasteiger partial charge in [-0.05, 0) is 31.2 Å². The molecule has 0 saturated carbocycles. The van der Waals surface area contributed by atoms with Crippen molar-refractivity contribution in [2.45, 2.75) is 6.92 Å². The van der Waals surface area contributed by atoms with Gasteiger partial charge in [0.2, 0.25) is 5.91 Å². The van der Waals surface area contributed by atoms with E-state index in [-0.39, 0.29) is 18.4 Å². The lowest BCUT2D eigenvalue weighted by Gasteiger charge is -2.18. The first kappa shape index (κ1) is 18.4. The highest BCUT2D eigenvalue weighted by Gasteiger charge is 2.20. The van der Waals surface area contributed by atoms with Gasteiger partial charge in [0.15, 0.2) is 11.6 Å². The number of carbonyl (C=O) groups excluding carboxylic acids is 2. The fraction of sp³-hybridized carbons (Fsp3) is 0.143. The number of nitrogens with zero attached hydrogens (tertiary/aromatic N) is 3. The van der Waals surface area contributed by atoms with Gasteiger partial charge in [0.25, 0.3) is 5.91 Å². The number of carbonyl (C=O) groups is 2. The minimum absolute atomic E-state index is 0.141. The lowest BCUT2D eigenvalue weighted by Crippen LogP contribution is -2.35. The summed E-state index contributed by atoms with van der Waals surface area (Å²) in [5, 5.41) is 7.02. The zero-order valence-corrected chi connectivity index (χ0v) is 15.9. The Morgan fingerprint density at radius 3 is 2.69 bits per heavy atom. The van der Waals surface area contributed by atoms with E-state index in [4.69, 9.17) is 8.94 Å². The van der Waals surface area contributed by atoms with E-state index in [1.807, 2.05) is 24.3 Å². The summed E-state index contributed by atoms with van der Waals surface area (Å²) < 4.78 is 10.4. The molecule has 1 N–H and O–H groups in total. The molecule has 0 aliphatic carbocycles. The number of nitrogens with one attached hydrogen (secondary N) is 1. The second kappa shape index (κ2) is 7.59. The summed E-state index contributed by atoms with van der Waals surface area (Å²) in [5.41, 5.74) is 1.66. The number of aromatic nitrogens is 2. The number of pyridine rings is 1. The Morgan fingerprint density at radius 1 is 1.14 bits per heavy atom. The second-order valence-corrected chi connectivity index (χ2v) is 6.58.